The average molecular weight is 232 g/mol. The topological polar surface area (TPSA) is 55.1 Å². The van der Waals surface area contributed by atoms with Gasteiger partial charge in [0, 0.05) is 0 Å². The fourth-order valence-electron chi connectivity index (χ4n) is 2.28. The van der Waals surface area contributed by atoms with Crippen LogP contribution >= 0.6 is 0 Å². The summed E-state index contributed by atoms with van der Waals surface area (Å²) in [6, 6.07) is 8.01. The number of rotatable bonds is 3. The van der Waals surface area contributed by atoms with Crippen LogP contribution in [0.25, 0.3) is 0 Å². The van der Waals surface area contributed by atoms with Crippen molar-refractivity contribution < 1.29 is 4.79 Å². The van der Waals surface area contributed by atoms with Crippen molar-refractivity contribution in [2.24, 2.45) is 11.7 Å². The predicted octanol–water partition coefficient (Wildman–Crippen LogP) is 1.77. The van der Waals surface area contributed by atoms with Gasteiger partial charge < -0.3 is 11.1 Å². The van der Waals surface area contributed by atoms with Gasteiger partial charge in [-0.2, -0.15) is 0 Å². The SMILES string of the molecule is CC(C)C(N)C(=O)NC1CCc2ccccc21. The summed E-state index contributed by atoms with van der Waals surface area (Å²) in [5.74, 6) is 0.133. The van der Waals surface area contributed by atoms with Crippen LogP contribution < -0.4 is 11.1 Å². The highest BCUT2D eigenvalue weighted by atomic mass is 16.2. The highest BCUT2D eigenvalue weighted by Crippen LogP contribution is 2.30. The summed E-state index contributed by atoms with van der Waals surface area (Å²) in [7, 11) is 0. The predicted molar refractivity (Wildman–Crippen MR) is 68.5 cm³/mol. The summed E-state index contributed by atoms with van der Waals surface area (Å²) < 4.78 is 0. The molecule has 17 heavy (non-hydrogen) atoms. The Kier molecular flexibility index (Phi) is 3.48. The fraction of sp³-hybridized carbons (Fsp3) is 0.500. The van der Waals surface area contributed by atoms with Crippen molar-refractivity contribution in [3.63, 3.8) is 0 Å². The van der Waals surface area contributed by atoms with Crippen molar-refractivity contribution in [3.8, 4) is 0 Å². The number of fused-ring (bicyclic) bond motifs is 1. The molecule has 1 aromatic carbocycles. The number of amides is 1. The number of aryl methyl sites for hydroxylation is 1. The van der Waals surface area contributed by atoms with Crippen molar-refractivity contribution in [1.82, 2.24) is 5.32 Å². The summed E-state index contributed by atoms with van der Waals surface area (Å²) >= 11 is 0. The first-order valence-corrected chi connectivity index (χ1v) is 6.23. The maximum atomic E-state index is 11.9. The lowest BCUT2D eigenvalue weighted by Crippen LogP contribution is -2.44. The van der Waals surface area contributed by atoms with E-state index in [2.05, 4.69) is 17.4 Å². The number of hydrogen-bond acceptors (Lipinski definition) is 2. The average Bonchev–Trinajstić information content (AvgIpc) is 2.71. The number of carbonyl (C=O) groups is 1. The molecule has 1 aliphatic rings. The Hall–Kier alpha value is -1.35. The summed E-state index contributed by atoms with van der Waals surface area (Å²) in [6.07, 6.45) is 2.02. The third-order valence-electron chi connectivity index (χ3n) is 3.47. The third kappa shape index (κ3) is 2.50. The highest BCUT2D eigenvalue weighted by Gasteiger charge is 2.26. The quantitative estimate of drug-likeness (QED) is 0.834. The van der Waals surface area contributed by atoms with E-state index >= 15 is 0 Å². The van der Waals surface area contributed by atoms with Gasteiger partial charge in [0.25, 0.3) is 0 Å². The van der Waals surface area contributed by atoms with Crippen LogP contribution in [-0.4, -0.2) is 11.9 Å². The summed E-state index contributed by atoms with van der Waals surface area (Å²) in [5, 5.41) is 3.05. The molecular weight excluding hydrogens is 212 g/mol. The zero-order valence-electron chi connectivity index (χ0n) is 10.4. The Morgan fingerprint density at radius 2 is 2.12 bits per heavy atom. The second kappa shape index (κ2) is 4.88. The molecule has 0 heterocycles. The number of benzene rings is 1. The molecule has 0 saturated heterocycles. The number of hydrogen-bond donors (Lipinski definition) is 2. The lowest BCUT2D eigenvalue weighted by molar-refractivity contribution is -0.124. The first-order valence-electron chi connectivity index (χ1n) is 6.23. The van der Waals surface area contributed by atoms with Crippen molar-refractivity contribution in [1.29, 1.82) is 0 Å². The zero-order chi connectivity index (χ0) is 12.4. The molecule has 0 fully saturated rings. The van der Waals surface area contributed by atoms with Gasteiger partial charge in [0.05, 0.1) is 12.1 Å². The highest BCUT2D eigenvalue weighted by molar-refractivity contribution is 5.82. The third-order valence-corrected chi connectivity index (χ3v) is 3.47. The van der Waals surface area contributed by atoms with E-state index in [4.69, 9.17) is 5.73 Å². The van der Waals surface area contributed by atoms with E-state index in [-0.39, 0.29) is 17.9 Å². The Bertz CT molecular complexity index is 414. The van der Waals surface area contributed by atoms with Gasteiger partial charge in [-0.05, 0) is 29.9 Å². The first-order chi connectivity index (χ1) is 8.09. The summed E-state index contributed by atoms with van der Waals surface area (Å²) in [6.45, 7) is 3.93. The van der Waals surface area contributed by atoms with Crippen LogP contribution in [0, 0.1) is 5.92 Å². The van der Waals surface area contributed by atoms with E-state index in [0.717, 1.165) is 12.8 Å². The normalized spacial score (nSPS) is 20.1. The van der Waals surface area contributed by atoms with Crippen molar-refractivity contribution in [3.05, 3.63) is 35.4 Å². The lowest BCUT2D eigenvalue weighted by atomic mass is 10.0. The maximum Gasteiger partial charge on any atom is 0.237 e. The van der Waals surface area contributed by atoms with Crippen LogP contribution in [0.5, 0.6) is 0 Å². The second-order valence-corrected chi connectivity index (χ2v) is 5.07. The van der Waals surface area contributed by atoms with E-state index in [1.54, 1.807) is 0 Å². The van der Waals surface area contributed by atoms with E-state index in [0.29, 0.717) is 0 Å². The molecule has 1 aromatic rings. The lowest BCUT2D eigenvalue weighted by Gasteiger charge is -2.19. The molecule has 3 nitrogen and oxygen atoms in total. The molecule has 2 atom stereocenters. The van der Waals surface area contributed by atoms with Crippen LogP contribution in [0.4, 0.5) is 0 Å². The second-order valence-electron chi connectivity index (χ2n) is 5.07. The van der Waals surface area contributed by atoms with Crippen LogP contribution in [0.3, 0.4) is 0 Å². The first kappa shape index (κ1) is 12.1. The van der Waals surface area contributed by atoms with Crippen LogP contribution in [0.1, 0.15) is 37.4 Å². The molecule has 2 rings (SSSR count). The summed E-state index contributed by atoms with van der Waals surface area (Å²) in [4.78, 5) is 11.9. The monoisotopic (exact) mass is 232 g/mol. The molecule has 0 spiro atoms. The Balaban J connectivity index is 2.05. The van der Waals surface area contributed by atoms with Crippen LogP contribution in [0.2, 0.25) is 0 Å². The molecular formula is C14H20N2O. The molecule has 1 aliphatic carbocycles. The molecule has 2 unspecified atom stereocenters. The summed E-state index contributed by atoms with van der Waals surface area (Å²) in [5.41, 5.74) is 8.44. The van der Waals surface area contributed by atoms with Gasteiger partial charge >= 0.3 is 0 Å². The zero-order valence-corrected chi connectivity index (χ0v) is 10.4. The van der Waals surface area contributed by atoms with Gasteiger partial charge in [0.15, 0.2) is 0 Å². The fourth-order valence-corrected chi connectivity index (χ4v) is 2.28. The van der Waals surface area contributed by atoms with Gasteiger partial charge in [0.2, 0.25) is 5.91 Å². The number of nitrogens with two attached hydrogens (primary N) is 1. The van der Waals surface area contributed by atoms with E-state index in [9.17, 15) is 4.79 Å². The van der Waals surface area contributed by atoms with Gasteiger partial charge in [-0.25, -0.2) is 0 Å². The van der Waals surface area contributed by atoms with Crippen molar-refractivity contribution in [2.75, 3.05) is 0 Å². The molecule has 3 heteroatoms. The minimum atomic E-state index is -0.414. The van der Waals surface area contributed by atoms with Gasteiger partial charge in [0.1, 0.15) is 0 Å². The van der Waals surface area contributed by atoms with E-state index in [1.165, 1.54) is 11.1 Å². The Morgan fingerprint density at radius 3 is 2.82 bits per heavy atom. The molecule has 92 valence electrons. The minimum absolute atomic E-state index is 0.0401. The standard InChI is InChI=1S/C14H20N2O/c1-9(2)13(15)14(17)16-12-8-7-10-5-3-4-6-11(10)12/h3-6,9,12-13H,7-8,15H2,1-2H3,(H,16,17). The molecule has 3 N–H and O–H groups in total. The van der Waals surface area contributed by atoms with Crippen LogP contribution in [0.15, 0.2) is 24.3 Å². The van der Waals surface area contributed by atoms with Gasteiger partial charge in [-0.15, -0.1) is 0 Å². The molecule has 1 amide bonds. The molecule has 0 aliphatic heterocycles. The van der Waals surface area contributed by atoms with E-state index in [1.807, 2.05) is 26.0 Å². The molecule has 0 radical (unpaired) electrons. The van der Waals surface area contributed by atoms with E-state index < -0.39 is 6.04 Å². The number of carbonyl (C=O) groups excluding carboxylic acids is 1. The largest absolute Gasteiger partial charge is 0.348 e. The Morgan fingerprint density at radius 1 is 1.41 bits per heavy atom. The maximum absolute atomic E-state index is 11.9. The Labute approximate surface area is 102 Å². The molecule has 0 aromatic heterocycles. The smallest absolute Gasteiger partial charge is 0.237 e. The van der Waals surface area contributed by atoms with Crippen LogP contribution in [-0.2, 0) is 11.2 Å². The minimum Gasteiger partial charge on any atom is -0.348 e. The van der Waals surface area contributed by atoms with Crippen molar-refractivity contribution >= 4 is 5.91 Å². The van der Waals surface area contributed by atoms with Crippen molar-refractivity contribution in [2.45, 2.75) is 38.8 Å². The van der Waals surface area contributed by atoms with Gasteiger partial charge in [-0.1, -0.05) is 38.1 Å². The van der Waals surface area contributed by atoms with Gasteiger partial charge in [-0.3, -0.25) is 4.79 Å². The molecule has 0 bridgehead atoms. The number of nitrogens with one attached hydrogen (secondary N) is 1. The molecule has 0 saturated carbocycles.